The molecule has 1 aromatic carbocycles. The monoisotopic (exact) mass is 404 g/mol. The Morgan fingerprint density at radius 1 is 1.13 bits per heavy atom. The quantitative estimate of drug-likeness (QED) is 0.623. The van der Waals surface area contributed by atoms with Crippen molar-refractivity contribution in [3.8, 4) is 22.7 Å². The lowest BCUT2D eigenvalue weighted by atomic mass is 9.88. The van der Waals surface area contributed by atoms with Crippen LogP contribution in [0.2, 0.25) is 0 Å². The Kier molecular flexibility index (Phi) is 5.41. The van der Waals surface area contributed by atoms with Crippen molar-refractivity contribution in [3.63, 3.8) is 0 Å². The molecular weight excluding hydrogens is 376 g/mol. The zero-order chi connectivity index (χ0) is 21.3. The maximum absolute atomic E-state index is 12.7. The van der Waals surface area contributed by atoms with Crippen molar-refractivity contribution in [2.75, 3.05) is 13.1 Å². The number of aryl methyl sites for hydroxylation is 1. The summed E-state index contributed by atoms with van der Waals surface area (Å²) in [6.07, 6.45) is 3.58. The number of nitrogens with zero attached hydrogens (tertiary/aromatic N) is 4. The maximum atomic E-state index is 12.7. The van der Waals surface area contributed by atoms with Gasteiger partial charge in [-0.25, -0.2) is 9.97 Å². The topological polar surface area (TPSA) is 72.1 Å². The van der Waals surface area contributed by atoms with Gasteiger partial charge in [0.2, 0.25) is 5.91 Å². The first kappa shape index (κ1) is 20.3. The predicted molar refractivity (Wildman–Crippen MR) is 116 cm³/mol. The third kappa shape index (κ3) is 4.13. The second-order valence-corrected chi connectivity index (χ2v) is 9.01. The van der Waals surface area contributed by atoms with Gasteiger partial charge in [0, 0.05) is 42.2 Å². The van der Waals surface area contributed by atoms with Crippen LogP contribution in [0.25, 0.3) is 22.7 Å². The van der Waals surface area contributed by atoms with Crippen LogP contribution >= 0.6 is 0 Å². The molecule has 0 aliphatic carbocycles. The first-order valence-corrected chi connectivity index (χ1v) is 10.5. The van der Waals surface area contributed by atoms with Gasteiger partial charge in [0.05, 0.1) is 17.0 Å². The zero-order valence-electron chi connectivity index (χ0n) is 18.1. The van der Waals surface area contributed by atoms with Gasteiger partial charge in [-0.15, -0.1) is 0 Å². The van der Waals surface area contributed by atoms with Gasteiger partial charge < -0.3 is 9.42 Å². The van der Waals surface area contributed by atoms with Crippen molar-refractivity contribution in [2.45, 2.75) is 46.5 Å². The van der Waals surface area contributed by atoms with Gasteiger partial charge >= 0.3 is 0 Å². The molecule has 156 valence electrons. The van der Waals surface area contributed by atoms with E-state index in [0.717, 1.165) is 48.4 Å². The number of aromatic nitrogens is 3. The number of rotatable bonds is 3. The van der Waals surface area contributed by atoms with Crippen LogP contribution < -0.4 is 0 Å². The minimum atomic E-state index is -0.356. The lowest BCUT2D eigenvalue weighted by Crippen LogP contribution is -2.43. The van der Waals surface area contributed by atoms with Crippen LogP contribution in [0.3, 0.4) is 0 Å². The molecular formula is C24H28N4O2. The third-order valence-electron chi connectivity index (χ3n) is 5.55. The predicted octanol–water partition coefficient (Wildman–Crippen LogP) is 4.86. The molecule has 2 aromatic heterocycles. The van der Waals surface area contributed by atoms with E-state index in [0.29, 0.717) is 11.6 Å². The summed E-state index contributed by atoms with van der Waals surface area (Å²) >= 11 is 0. The molecule has 1 fully saturated rings. The molecule has 6 heteroatoms. The summed E-state index contributed by atoms with van der Waals surface area (Å²) in [6.45, 7) is 9.30. The normalized spacial score (nSPS) is 15.4. The molecule has 3 heterocycles. The number of hydrogen-bond donors (Lipinski definition) is 0. The number of carbonyl (C=O) groups excluding carboxylic acids is 1. The largest absolute Gasteiger partial charge is 0.356 e. The van der Waals surface area contributed by atoms with Crippen molar-refractivity contribution in [1.82, 2.24) is 20.0 Å². The second-order valence-electron chi connectivity index (χ2n) is 9.01. The Hall–Kier alpha value is -3.02. The molecule has 0 saturated carbocycles. The highest BCUT2D eigenvalue weighted by Crippen LogP contribution is 2.36. The highest BCUT2D eigenvalue weighted by atomic mass is 16.5. The average molecular weight is 405 g/mol. The molecule has 0 bridgehead atoms. The molecule has 6 nitrogen and oxygen atoms in total. The van der Waals surface area contributed by atoms with Crippen molar-refractivity contribution in [1.29, 1.82) is 0 Å². The molecule has 0 N–H and O–H groups in total. The molecule has 30 heavy (non-hydrogen) atoms. The standard InChI is InChI=1S/C24H28N4O2/c1-16-14-20(30-27-16)19-15-25-22(18-8-6-5-7-9-18)26-21(19)17-10-12-28(13-11-17)23(29)24(2,3)4/h5-9,14-15,17H,10-13H2,1-4H3. The van der Waals surface area contributed by atoms with Crippen LogP contribution in [0.15, 0.2) is 47.1 Å². The van der Waals surface area contributed by atoms with E-state index >= 15 is 0 Å². The van der Waals surface area contributed by atoms with Crippen molar-refractivity contribution < 1.29 is 9.32 Å². The fourth-order valence-electron chi connectivity index (χ4n) is 3.94. The molecule has 1 aliphatic rings. The summed E-state index contributed by atoms with van der Waals surface area (Å²) in [5.74, 6) is 1.84. The second kappa shape index (κ2) is 8.01. The van der Waals surface area contributed by atoms with E-state index in [-0.39, 0.29) is 17.2 Å². The molecule has 0 unspecified atom stereocenters. The average Bonchev–Trinajstić information content (AvgIpc) is 3.19. The summed E-state index contributed by atoms with van der Waals surface area (Å²) < 4.78 is 5.54. The Balaban J connectivity index is 1.66. The molecule has 1 saturated heterocycles. The highest BCUT2D eigenvalue weighted by Gasteiger charge is 2.32. The summed E-state index contributed by atoms with van der Waals surface area (Å²) in [7, 11) is 0. The zero-order valence-corrected chi connectivity index (χ0v) is 18.1. The van der Waals surface area contributed by atoms with Gasteiger partial charge in [-0.2, -0.15) is 0 Å². The number of piperidine rings is 1. The minimum absolute atomic E-state index is 0.208. The van der Waals surface area contributed by atoms with Gasteiger partial charge in [-0.1, -0.05) is 56.3 Å². The summed E-state index contributed by atoms with van der Waals surface area (Å²) in [6, 6.07) is 11.9. The third-order valence-corrected chi connectivity index (χ3v) is 5.55. The molecule has 0 atom stereocenters. The van der Waals surface area contributed by atoms with Crippen LogP contribution in [0, 0.1) is 12.3 Å². The summed E-state index contributed by atoms with van der Waals surface area (Å²) in [4.78, 5) is 24.2. The van der Waals surface area contributed by atoms with Crippen LogP contribution in [-0.2, 0) is 4.79 Å². The van der Waals surface area contributed by atoms with Crippen LogP contribution in [0.4, 0.5) is 0 Å². The molecule has 1 aliphatic heterocycles. The lowest BCUT2D eigenvalue weighted by molar-refractivity contribution is -0.140. The van der Waals surface area contributed by atoms with E-state index in [1.807, 2.05) is 75.2 Å². The van der Waals surface area contributed by atoms with Crippen LogP contribution in [0.5, 0.6) is 0 Å². The van der Waals surface area contributed by atoms with Gasteiger partial charge in [-0.3, -0.25) is 4.79 Å². The van der Waals surface area contributed by atoms with E-state index in [1.165, 1.54) is 0 Å². The molecule has 1 amide bonds. The smallest absolute Gasteiger partial charge is 0.227 e. The van der Waals surface area contributed by atoms with Crippen molar-refractivity contribution in [3.05, 3.63) is 54.0 Å². The number of amides is 1. The first-order chi connectivity index (χ1) is 14.3. The van der Waals surface area contributed by atoms with Crippen molar-refractivity contribution in [2.24, 2.45) is 5.41 Å². The van der Waals surface area contributed by atoms with E-state index in [2.05, 4.69) is 10.1 Å². The fourth-order valence-corrected chi connectivity index (χ4v) is 3.94. The number of likely N-dealkylation sites (tertiary alicyclic amines) is 1. The molecule has 3 aromatic rings. The Labute approximate surface area is 177 Å². The molecule has 0 radical (unpaired) electrons. The Morgan fingerprint density at radius 3 is 2.43 bits per heavy atom. The van der Waals surface area contributed by atoms with Crippen LogP contribution in [0.1, 0.15) is 50.9 Å². The fraction of sp³-hybridized carbons (Fsp3) is 0.417. The summed E-state index contributed by atoms with van der Waals surface area (Å²) in [5.41, 5.74) is 3.32. The summed E-state index contributed by atoms with van der Waals surface area (Å²) in [5, 5.41) is 4.04. The van der Waals surface area contributed by atoms with Gasteiger partial charge in [0.15, 0.2) is 11.6 Å². The van der Waals surface area contributed by atoms with E-state index in [1.54, 1.807) is 0 Å². The highest BCUT2D eigenvalue weighted by molar-refractivity contribution is 5.81. The van der Waals surface area contributed by atoms with Crippen LogP contribution in [-0.4, -0.2) is 39.0 Å². The van der Waals surface area contributed by atoms with Gasteiger partial charge in [0.25, 0.3) is 0 Å². The first-order valence-electron chi connectivity index (χ1n) is 10.5. The number of hydrogen-bond acceptors (Lipinski definition) is 5. The van der Waals surface area contributed by atoms with E-state index < -0.39 is 0 Å². The number of benzene rings is 1. The number of carbonyl (C=O) groups is 1. The maximum Gasteiger partial charge on any atom is 0.227 e. The minimum Gasteiger partial charge on any atom is -0.356 e. The van der Waals surface area contributed by atoms with E-state index in [9.17, 15) is 4.79 Å². The van der Waals surface area contributed by atoms with E-state index in [4.69, 9.17) is 9.51 Å². The van der Waals surface area contributed by atoms with Crippen molar-refractivity contribution >= 4 is 5.91 Å². The molecule has 0 spiro atoms. The van der Waals surface area contributed by atoms with Gasteiger partial charge in [-0.05, 0) is 19.8 Å². The lowest BCUT2D eigenvalue weighted by Gasteiger charge is -2.36. The molecule has 4 rings (SSSR count). The Bertz CT molecular complexity index is 1030. The SMILES string of the molecule is Cc1cc(-c2cnc(-c3ccccc3)nc2C2CCN(C(=O)C(C)(C)C)CC2)on1. The van der Waals surface area contributed by atoms with Gasteiger partial charge in [0.1, 0.15) is 0 Å². The Morgan fingerprint density at radius 2 is 1.83 bits per heavy atom.